The number of aliphatic hydroxyl groups excluding tert-OH is 1. The zero-order chi connectivity index (χ0) is 11.5. The summed E-state index contributed by atoms with van der Waals surface area (Å²) < 4.78 is 6.41. The van der Waals surface area contributed by atoms with Gasteiger partial charge < -0.3 is 9.84 Å². The third kappa shape index (κ3) is 1.77. The number of carbonyl (C=O) groups excluding carboxylic acids is 1. The molecule has 0 aliphatic carbocycles. The summed E-state index contributed by atoms with van der Waals surface area (Å²) in [6.07, 6.45) is 1.72. The molecule has 2 rings (SSSR count). The summed E-state index contributed by atoms with van der Waals surface area (Å²) in [4.78, 5) is 11.5. The highest BCUT2D eigenvalue weighted by molar-refractivity contribution is 5.87. The molecular formula is C11H12N2O3. The zero-order valence-electron chi connectivity index (χ0n) is 8.88. The summed E-state index contributed by atoms with van der Waals surface area (Å²) in [5.41, 5.74) is 1.65. The van der Waals surface area contributed by atoms with Gasteiger partial charge in [0.05, 0.1) is 18.7 Å². The minimum absolute atomic E-state index is 0.136. The van der Waals surface area contributed by atoms with Gasteiger partial charge in [-0.25, -0.2) is 9.31 Å². The van der Waals surface area contributed by atoms with E-state index in [0.717, 1.165) is 5.52 Å². The van der Waals surface area contributed by atoms with Crippen molar-refractivity contribution in [2.24, 2.45) is 0 Å². The molecule has 0 aliphatic heterocycles. The average Bonchev–Trinajstić information content (AvgIpc) is 2.75. The second kappa shape index (κ2) is 4.32. The molecule has 0 amide bonds. The molecule has 16 heavy (non-hydrogen) atoms. The van der Waals surface area contributed by atoms with Crippen molar-refractivity contribution < 1.29 is 14.6 Å². The second-order valence-corrected chi connectivity index (χ2v) is 3.27. The Morgan fingerprint density at radius 1 is 1.62 bits per heavy atom. The third-order valence-corrected chi connectivity index (χ3v) is 2.24. The van der Waals surface area contributed by atoms with Crippen LogP contribution in [0.3, 0.4) is 0 Å². The minimum Gasteiger partial charge on any atom is -0.461 e. The molecule has 0 radical (unpaired) electrons. The molecule has 0 atom stereocenters. The summed E-state index contributed by atoms with van der Waals surface area (Å²) in [6, 6.07) is 5.18. The van der Waals surface area contributed by atoms with Crippen molar-refractivity contribution in [3.63, 3.8) is 0 Å². The summed E-state index contributed by atoms with van der Waals surface area (Å²) >= 11 is 0. The molecule has 0 fully saturated rings. The Kier molecular flexibility index (Phi) is 2.87. The fourth-order valence-corrected chi connectivity index (χ4v) is 1.53. The number of fused-ring (bicyclic) bond motifs is 1. The van der Waals surface area contributed by atoms with Crippen LogP contribution in [0, 0.1) is 0 Å². The Labute approximate surface area is 92.3 Å². The van der Waals surface area contributed by atoms with Gasteiger partial charge >= 0.3 is 5.97 Å². The van der Waals surface area contributed by atoms with E-state index in [2.05, 4.69) is 5.10 Å². The molecule has 2 heterocycles. The van der Waals surface area contributed by atoms with Gasteiger partial charge in [-0.05, 0) is 25.1 Å². The number of rotatable bonds is 3. The van der Waals surface area contributed by atoms with Gasteiger partial charge in [0.1, 0.15) is 0 Å². The number of esters is 1. The number of aromatic nitrogens is 2. The molecule has 0 unspecified atom stereocenters. The van der Waals surface area contributed by atoms with Crippen LogP contribution in [0.5, 0.6) is 0 Å². The van der Waals surface area contributed by atoms with Crippen LogP contribution in [0.15, 0.2) is 24.4 Å². The quantitative estimate of drug-likeness (QED) is 0.784. The number of aliphatic hydroxyl groups is 1. The van der Waals surface area contributed by atoms with E-state index in [4.69, 9.17) is 4.74 Å². The van der Waals surface area contributed by atoms with Crippen molar-refractivity contribution in [3.05, 3.63) is 35.7 Å². The monoisotopic (exact) mass is 220 g/mol. The maximum Gasteiger partial charge on any atom is 0.358 e. The SMILES string of the molecule is CCOC(=O)c1cc(CO)c2cccn2n1. The van der Waals surface area contributed by atoms with Gasteiger partial charge in [0, 0.05) is 11.8 Å². The van der Waals surface area contributed by atoms with Crippen molar-refractivity contribution in [1.82, 2.24) is 9.61 Å². The lowest BCUT2D eigenvalue weighted by Crippen LogP contribution is -2.10. The standard InChI is InChI=1S/C11H12N2O3/c1-2-16-11(15)9-6-8(7-14)10-4-3-5-13(10)12-9/h3-6,14H,2,7H2,1H3. The second-order valence-electron chi connectivity index (χ2n) is 3.27. The lowest BCUT2D eigenvalue weighted by molar-refractivity contribution is 0.0517. The normalized spacial score (nSPS) is 10.6. The maximum atomic E-state index is 11.5. The predicted molar refractivity (Wildman–Crippen MR) is 57.1 cm³/mol. The molecule has 0 bridgehead atoms. The number of ether oxygens (including phenoxy) is 1. The van der Waals surface area contributed by atoms with Gasteiger partial charge in [-0.2, -0.15) is 5.10 Å². The highest BCUT2D eigenvalue weighted by Gasteiger charge is 2.12. The van der Waals surface area contributed by atoms with Gasteiger partial charge in [0.15, 0.2) is 5.69 Å². The number of carbonyl (C=O) groups is 1. The average molecular weight is 220 g/mol. The van der Waals surface area contributed by atoms with E-state index in [1.54, 1.807) is 29.8 Å². The van der Waals surface area contributed by atoms with Crippen LogP contribution in [0.1, 0.15) is 23.0 Å². The van der Waals surface area contributed by atoms with E-state index < -0.39 is 5.97 Å². The summed E-state index contributed by atoms with van der Waals surface area (Å²) in [5.74, 6) is -0.479. The van der Waals surface area contributed by atoms with E-state index >= 15 is 0 Å². The molecule has 0 saturated heterocycles. The van der Waals surface area contributed by atoms with Crippen molar-refractivity contribution >= 4 is 11.5 Å². The molecule has 0 saturated carbocycles. The van der Waals surface area contributed by atoms with Crippen molar-refractivity contribution in [2.45, 2.75) is 13.5 Å². The summed E-state index contributed by atoms with van der Waals surface area (Å²) in [7, 11) is 0. The van der Waals surface area contributed by atoms with E-state index in [1.807, 2.05) is 6.07 Å². The molecule has 2 aromatic rings. The highest BCUT2D eigenvalue weighted by atomic mass is 16.5. The van der Waals surface area contributed by atoms with Crippen molar-refractivity contribution in [3.8, 4) is 0 Å². The first kappa shape index (κ1) is 10.6. The lowest BCUT2D eigenvalue weighted by Gasteiger charge is -2.05. The Morgan fingerprint density at radius 2 is 2.44 bits per heavy atom. The largest absolute Gasteiger partial charge is 0.461 e. The molecule has 84 valence electrons. The Bertz CT molecular complexity index is 519. The Hall–Kier alpha value is -1.88. The fraction of sp³-hybridized carbons (Fsp3) is 0.273. The van der Waals surface area contributed by atoms with Crippen LogP contribution in [-0.4, -0.2) is 27.3 Å². The van der Waals surface area contributed by atoms with Crippen LogP contribution < -0.4 is 0 Å². The van der Waals surface area contributed by atoms with Gasteiger partial charge in [-0.1, -0.05) is 0 Å². The first-order chi connectivity index (χ1) is 7.76. The smallest absolute Gasteiger partial charge is 0.358 e. The topological polar surface area (TPSA) is 63.8 Å². The molecule has 0 aliphatic rings. The number of nitrogens with zero attached hydrogens (tertiary/aromatic N) is 2. The minimum atomic E-state index is -0.479. The molecule has 5 heteroatoms. The zero-order valence-corrected chi connectivity index (χ0v) is 8.88. The molecule has 0 aromatic carbocycles. The molecule has 2 aromatic heterocycles. The van der Waals surface area contributed by atoms with Crippen LogP contribution in [0.2, 0.25) is 0 Å². The van der Waals surface area contributed by atoms with E-state index in [-0.39, 0.29) is 12.3 Å². The van der Waals surface area contributed by atoms with E-state index in [1.165, 1.54) is 0 Å². The number of hydrogen-bond acceptors (Lipinski definition) is 4. The van der Waals surface area contributed by atoms with E-state index in [9.17, 15) is 9.90 Å². The van der Waals surface area contributed by atoms with Crippen LogP contribution in [0.4, 0.5) is 0 Å². The van der Waals surface area contributed by atoms with Crippen LogP contribution >= 0.6 is 0 Å². The van der Waals surface area contributed by atoms with E-state index in [0.29, 0.717) is 12.2 Å². The van der Waals surface area contributed by atoms with Gasteiger partial charge in [-0.15, -0.1) is 0 Å². The first-order valence-electron chi connectivity index (χ1n) is 5.01. The van der Waals surface area contributed by atoms with Gasteiger partial charge in [-0.3, -0.25) is 0 Å². The summed E-state index contributed by atoms with van der Waals surface area (Å²) in [6.45, 7) is 1.90. The predicted octanol–water partition coefficient (Wildman–Crippen LogP) is 1.00. The Morgan fingerprint density at radius 3 is 3.12 bits per heavy atom. The third-order valence-electron chi connectivity index (χ3n) is 2.24. The molecule has 1 N–H and O–H groups in total. The lowest BCUT2D eigenvalue weighted by atomic mass is 10.2. The summed E-state index contributed by atoms with van der Waals surface area (Å²) in [5, 5.41) is 13.3. The number of hydrogen-bond donors (Lipinski definition) is 1. The maximum absolute atomic E-state index is 11.5. The van der Waals surface area contributed by atoms with Crippen LogP contribution in [0.25, 0.3) is 5.52 Å². The van der Waals surface area contributed by atoms with Crippen molar-refractivity contribution in [1.29, 1.82) is 0 Å². The van der Waals surface area contributed by atoms with Crippen LogP contribution in [-0.2, 0) is 11.3 Å². The highest BCUT2D eigenvalue weighted by Crippen LogP contribution is 2.12. The van der Waals surface area contributed by atoms with Gasteiger partial charge in [0.25, 0.3) is 0 Å². The molecule has 0 spiro atoms. The molecule has 5 nitrogen and oxygen atoms in total. The first-order valence-corrected chi connectivity index (χ1v) is 5.01. The fourth-order valence-electron chi connectivity index (χ4n) is 1.53. The molecular weight excluding hydrogens is 208 g/mol. The Balaban J connectivity index is 2.51. The van der Waals surface area contributed by atoms with Gasteiger partial charge in [0.2, 0.25) is 0 Å². The van der Waals surface area contributed by atoms with Crippen molar-refractivity contribution in [2.75, 3.05) is 6.61 Å².